The summed E-state index contributed by atoms with van der Waals surface area (Å²) in [5, 5.41) is 5.20. The monoisotopic (exact) mass is 285 g/mol. The Labute approximate surface area is 122 Å². The maximum atomic E-state index is 11.9. The first-order chi connectivity index (χ1) is 10.1. The SMILES string of the molecule is COC(=O)c1ccccc1NC(=O)Nc1cccc(C)n1. The third-order valence-corrected chi connectivity index (χ3v) is 2.71. The van der Waals surface area contributed by atoms with Crippen molar-refractivity contribution in [3.63, 3.8) is 0 Å². The second kappa shape index (κ2) is 6.51. The molecule has 1 aromatic heterocycles. The van der Waals surface area contributed by atoms with Gasteiger partial charge in [-0.1, -0.05) is 18.2 Å². The lowest BCUT2D eigenvalue weighted by molar-refractivity contribution is 0.0602. The molecule has 2 rings (SSSR count). The zero-order chi connectivity index (χ0) is 15.2. The summed E-state index contributed by atoms with van der Waals surface area (Å²) in [4.78, 5) is 27.7. The highest BCUT2D eigenvalue weighted by atomic mass is 16.5. The molecule has 0 saturated heterocycles. The third kappa shape index (κ3) is 3.79. The molecule has 0 unspecified atom stereocenters. The van der Waals surface area contributed by atoms with E-state index in [2.05, 4.69) is 20.4 Å². The molecular formula is C15H15N3O3. The molecule has 2 N–H and O–H groups in total. The molecule has 108 valence electrons. The van der Waals surface area contributed by atoms with Gasteiger partial charge in [0.1, 0.15) is 5.82 Å². The Balaban J connectivity index is 2.11. The number of hydrogen-bond acceptors (Lipinski definition) is 4. The van der Waals surface area contributed by atoms with Crippen LogP contribution in [0.15, 0.2) is 42.5 Å². The number of carbonyl (C=O) groups excluding carboxylic acids is 2. The van der Waals surface area contributed by atoms with E-state index in [1.54, 1.807) is 36.4 Å². The summed E-state index contributed by atoms with van der Waals surface area (Å²) in [7, 11) is 1.29. The van der Waals surface area contributed by atoms with Gasteiger partial charge in [0.05, 0.1) is 18.4 Å². The normalized spacial score (nSPS) is 9.81. The molecule has 0 radical (unpaired) electrons. The van der Waals surface area contributed by atoms with E-state index < -0.39 is 12.0 Å². The quantitative estimate of drug-likeness (QED) is 0.850. The van der Waals surface area contributed by atoms with Gasteiger partial charge in [0.25, 0.3) is 0 Å². The average Bonchev–Trinajstić information content (AvgIpc) is 2.47. The van der Waals surface area contributed by atoms with Crippen LogP contribution in [0, 0.1) is 6.92 Å². The number of urea groups is 1. The number of benzene rings is 1. The van der Waals surface area contributed by atoms with Gasteiger partial charge >= 0.3 is 12.0 Å². The van der Waals surface area contributed by atoms with Crippen molar-refractivity contribution in [1.82, 2.24) is 4.98 Å². The molecule has 0 saturated carbocycles. The number of nitrogens with one attached hydrogen (secondary N) is 2. The van der Waals surface area contributed by atoms with Gasteiger partial charge in [-0.15, -0.1) is 0 Å². The number of aryl methyl sites for hydroxylation is 1. The number of hydrogen-bond donors (Lipinski definition) is 2. The van der Waals surface area contributed by atoms with Crippen LogP contribution < -0.4 is 10.6 Å². The number of rotatable bonds is 3. The number of methoxy groups -OCH3 is 1. The van der Waals surface area contributed by atoms with E-state index in [1.807, 2.05) is 13.0 Å². The lowest BCUT2D eigenvalue weighted by atomic mass is 10.2. The maximum absolute atomic E-state index is 11.9. The summed E-state index contributed by atoms with van der Waals surface area (Å²) >= 11 is 0. The fourth-order valence-electron chi connectivity index (χ4n) is 1.76. The highest BCUT2D eigenvalue weighted by Crippen LogP contribution is 2.16. The van der Waals surface area contributed by atoms with Crippen molar-refractivity contribution in [2.24, 2.45) is 0 Å². The van der Waals surface area contributed by atoms with Crippen LogP contribution in [0.4, 0.5) is 16.3 Å². The summed E-state index contributed by atoms with van der Waals surface area (Å²) in [6, 6.07) is 11.4. The number of ether oxygens (including phenoxy) is 1. The van der Waals surface area contributed by atoms with Crippen molar-refractivity contribution >= 4 is 23.5 Å². The first kappa shape index (κ1) is 14.5. The van der Waals surface area contributed by atoms with Crippen LogP contribution in [0.2, 0.25) is 0 Å². The second-order valence-corrected chi connectivity index (χ2v) is 4.28. The molecule has 0 aliphatic heterocycles. The highest BCUT2D eigenvalue weighted by molar-refractivity contribution is 6.04. The fourth-order valence-corrected chi connectivity index (χ4v) is 1.76. The average molecular weight is 285 g/mol. The van der Waals surface area contributed by atoms with Crippen LogP contribution in [0.5, 0.6) is 0 Å². The summed E-state index contributed by atoms with van der Waals surface area (Å²) in [6.07, 6.45) is 0. The molecule has 0 atom stereocenters. The zero-order valence-electron chi connectivity index (χ0n) is 11.7. The smallest absolute Gasteiger partial charge is 0.339 e. The molecule has 0 aliphatic carbocycles. The number of amides is 2. The zero-order valence-corrected chi connectivity index (χ0v) is 11.7. The molecule has 6 nitrogen and oxygen atoms in total. The molecular weight excluding hydrogens is 270 g/mol. The first-order valence-corrected chi connectivity index (χ1v) is 6.29. The second-order valence-electron chi connectivity index (χ2n) is 4.28. The summed E-state index contributed by atoms with van der Waals surface area (Å²) in [5.41, 5.74) is 1.45. The van der Waals surface area contributed by atoms with Gasteiger partial charge in [-0.25, -0.2) is 14.6 Å². The van der Waals surface area contributed by atoms with Crippen LogP contribution in [-0.2, 0) is 4.74 Å². The molecule has 6 heteroatoms. The van der Waals surface area contributed by atoms with E-state index in [1.165, 1.54) is 7.11 Å². The van der Waals surface area contributed by atoms with Crippen LogP contribution in [0.3, 0.4) is 0 Å². The standard InChI is InChI=1S/C15H15N3O3/c1-10-6-5-9-13(16-10)18-15(20)17-12-8-4-3-7-11(12)14(19)21-2/h3-9H,1-2H3,(H2,16,17,18,20). The number of anilines is 2. The predicted molar refractivity (Wildman–Crippen MR) is 79.4 cm³/mol. The number of carbonyl (C=O) groups is 2. The maximum Gasteiger partial charge on any atom is 0.339 e. The van der Waals surface area contributed by atoms with E-state index in [9.17, 15) is 9.59 Å². The minimum Gasteiger partial charge on any atom is -0.465 e. The molecule has 0 bridgehead atoms. The van der Waals surface area contributed by atoms with E-state index >= 15 is 0 Å². The molecule has 2 aromatic rings. The summed E-state index contributed by atoms with van der Waals surface area (Å²) in [5.74, 6) is -0.0809. The molecule has 2 amide bonds. The van der Waals surface area contributed by atoms with Crippen molar-refractivity contribution in [2.45, 2.75) is 6.92 Å². The Hall–Kier alpha value is -2.89. The predicted octanol–water partition coefficient (Wildman–Crippen LogP) is 2.82. The molecule has 1 aromatic carbocycles. The van der Waals surface area contributed by atoms with Gasteiger partial charge in [0.15, 0.2) is 0 Å². The van der Waals surface area contributed by atoms with Crippen LogP contribution >= 0.6 is 0 Å². The molecule has 0 spiro atoms. The van der Waals surface area contributed by atoms with Gasteiger partial charge in [-0.05, 0) is 31.2 Å². The van der Waals surface area contributed by atoms with Gasteiger partial charge in [0, 0.05) is 5.69 Å². The number of para-hydroxylation sites is 1. The highest BCUT2D eigenvalue weighted by Gasteiger charge is 2.13. The van der Waals surface area contributed by atoms with Gasteiger partial charge in [-0.2, -0.15) is 0 Å². The van der Waals surface area contributed by atoms with E-state index in [-0.39, 0.29) is 5.56 Å². The number of aromatic nitrogens is 1. The van der Waals surface area contributed by atoms with E-state index in [4.69, 9.17) is 0 Å². The summed E-state index contributed by atoms with van der Waals surface area (Å²) < 4.78 is 4.67. The summed E-state index contributed by atoms with van der Waals surface area (Å²) in [6.45, 7) is 1.83. The first-order valence-electron chi connectivity index (χ1n) is 6.29. The van der Waals surface area contributed by atoms with Gasteiger partial charge in [-0.3, -0.25) is 5.32 Å². The largest absolute Gasteiger partial charge is 0.465 e. The van der Waals surface area contributed by atoms with E-state index in [0.717, 1.165) is 5.69 Å². The Morgan fingerprint density at radius 1 is 1.05 bits per heavy atom. The van der Waals surface area contributed by atoms with Gasteiger partial charge in [0.2, 0.25) is 0 Å². The Bertz CT molecular complexity index is 671. The van der Waals surface area contributed by atoms with Crippen LogP contribution in [-0.4, -0.2) is 24.1 Å². The lowest BCUT2D eigenvalue weighted by Gasteiger charge is -2.10. The number of pyridine rings is 1. The van der Waals surface area contributed by atoms with E-state index in [0.29, 0.717) is 11.5 Å². The van der Waals surface area contributed by atoms with Crippen molar-refractivity contribution in [2.75, 3.05) is 17.7 Å². The minimum atomic E-state index is -0.514. The molecule has 0 fully saturated rings. The number of nitrogens with zero attached hydrogens (tertiary/aromatic N) is 1. The number of esters is 1. The lowest BCUT2D eigenvalue weighted by Crippen LogP contribution is -2.21. The molecule has 0 aliphatic rings. The Kier molecular flexibility index (Phi) is 4.50. The Morgan fingerprint density at radius 3 is 2.52 bits per heavy atom. The topological polar surface area (TPSA) is 80.3 Å². The molecule has 1 heterocycles. The van der Waals surface area contributed by atoms with Gasteiger partial charge < -0.3 is 10.1 Å². The minimum absolute atomic E-state index is 0.285. The van der Waals surface area contributed by atoms with Crippen molar-refractivity contribution in [1.29, 1.82) is 0 Å². The van der Waals surface area contributed by atoms with Crippen molar-refractivity contribution in [3.05, 3.63) is 53.7 Å². The van der Waals surface area contributed by atoms with Crippen molar-refractivity contribution in [3.8, 4) is 0 Å². The van der Waals surface area contributed by atoms with Crippen LogP contribution in [0.25, 0.3) is 0 Å². The molecule has 21 heavy (non-hydrogen) atoms. The van der Waals surface area contributed by atoms with Crippen molar-refractivity contribution < 1.29 is 14.3 Å². The fraction of sp³-hybridized carbons (Fsp3) is 0.133. The van der Waals surface area contributed by atoms with Crippen LogP contribution in [0.1, 0.15) is 16.1 Å². The third-order valence-electron chi connectivity index (χ3n) is 2.71. The Morgan fingerprint density at radius 2 is 1.81 bits per heavy atom.